The monoisotopic (exact) mass is 239 g/mol. The molecular weight excluding hydrogens is 226 g/mol. The molecule has 16 heavy (non-hydrogen) atoms. The molecule has 1 aliphatic rings. The number of amides is 1. The number of benzene rings is 1. The molecular formula is C11H13NO3S. The Hall–Kier alpha value is -1.36. The third kappa shape index (κ3) is 2.24. The minimum Gasteiger partial charge on any atom is -0.311 e. The van der Waals surface area contributed by atoms with Crippen molar-refractivity contribution >= 4 is 21.9 Å². The first kappa shape index (κ1) is 11.1. The Bertz CT molecular complexity index is 469. The maximum absolute atomic E-state index is 11.4. The van der Waals surface area contributed by atoms with Crippen LogP contribution in [0.15, 0.2) is 30.3 Å². The fourth-order valence-corrected chi connectivity index (χ4v) is 3.66. The summed E-state index contributed by atoms with van der Waals surface area (Å²) in [5.41, 5.74) is 0.750. The largest absolute Gasteiger partial charge is 0.311 e. The van der Waals surface area contributed by atoms with Gasteiger partial charge in [-0.3, -0.25) is 4.79 Å². The average Bonchev–Trinajstić information content (AvgIpc) is 2.62. The zero-order valence-corrected chi connectivity index (χ0v) is 9.56. The molecule has 0 aromatic heterocycles. The van der Waals surface area contributed by atoms with E-state index < -0.39 is 9.84 Å². The average molecular weight is 239 g/mol. The van der Waals surface area contributed by atoms with Crippen LogP contribution in [0.5, 0.6) is 0 Å². The SMILES string of the molecule is O=CN(c1ccccc1)[C@H]1CCS(=O)(=O)C1. The van der Waals surface area contributed by atoms with Gasteiger partial charge in [-0.2, -0.15) is 0 Å². The highest BCUT2D eigenvalue weighted by atomic mass is 32.2. The predicted octanol–water partition coefficient (Wildman–Crippen LogP) is 0.837. The molecule has 1 saturated heterocycles. The van der Waals surface area contributed by atoms with Crippen molar-refractivity contribution in [3.05, 3.63) is 30.3 Å². The smallest absolute Gasteiger partial charge is 0.214 e. The Balaban J connectivity index is 2.22. The predicted molar refractivity (Wildman–Crippen MR) is 62.0 cm³/mol. The van der Waals surface area contributed by atoms with Crippen molar-refractivity contribution in [1.29, 1.82) is 0 Å². The van der Waals surface area contributed by atoms with Gasteiger partial charge in [0.1, 0.15) is 0 Å². The Morgan fingerprint density at radius 3 is 2.44 bits per heavy atom. The second kappa shape index (κ2) is 4.25. The molecule has 1 heterocycles. The molecule has 1 atom stereocenters. The van der Waals surface area contributed by atoms with Gasteiger partial charge < -0.3 is 4.90 Å². The van der Waals surface area contributed by atoms with Crippen LogP contribution in [0.25, 0.3) is 0 Å². The molecule has 0 spiro atoms. The molecule has 1 amide bonds. The molecule has 1 aliphatic heterocycles. The zero-order chi connectivity index (χ0) is 11.6. The van der Waals surface area contributed by atoms with Gasteiger partial charge in [0.15, 0.2) is 9.84 Å². The van der Waals surface area contributed by atoms with E-state index in [4.69, 9.17) is 0 Å². The first-order chi connectivity index (χ1) is 7.62. The maximum atomic E-state index is 11.4. The maximum Gasteiger partial charge on any atom is 0.214 e. The summed E-state index contributed by atoms with van der Waals surface area (Å²) in [5.74, 6) is 0.246. The third-order valence-corrected chi connectivity index (χ3v) is 4.52. The number of rotatable bonds is 3. The lowest BCUT2D eigenvalue weighted by Gasteiger charge is -2.23. The number of para-hydroxylation sites is 1. The van der Waals surface area contributed by atoms with E-state index in [-0.39, 0.29) is 17.5 Å². The lowest BCUT2D eigenvalue weighted by atomic mass is 10.2. The van der Waals surface area contributed by atoms with Crippen LogP contribution in [0.1, 0.15) is 6.42 Å². The standard InChI is InChI=1S/C11H13NO3S/c13-9-12(10-4-2-1-3-5-10)11-6-7-16(14,15)8-11/h1-5,9,11H,6-8H2/t11-/m0/s1. The van der Waals surface area contributed by atoms with Crippen molar-refractivity contribution in [3.63, 3.8) is 0 Å². The molecule has 1 aromatic rings. The van der Waals surface area contributed by atoms with Crippen LogP contribution in [0.3, 0.4) is 0 Å². The Morgan fingerprint density at radius 1 is 1.25 bits per heavy atom. The summed E-state index contributed by atoms with van der Waals surface area (Å²) in [6, 6.07) is 8.91. The van der Waals surface area contributed by atoms with Crippen LogP contribution in [0.2, 0.25) is 0 Å². The minimum absolute atomic E-state index is 0.0701. The molecule has 0 N–H and O–H groups in total. The fourth-order valence-electron chi connectivity index (χ4n) is 1.95. The van der Waals surface area contributed by atoms with E-state index >= 15 is 0 Å². The van der Waals surface area contributed by atoms with Gasteiger partial charge in [0.05, 0.1) is 17.5 Å². The van der Waals surface area contributed by atoms with Crippen LogP contribution < -0.4 is 4.90 Å². The van der Waals surface area contributed by atoms with Gasteiger partial charge in [0, 0.05) is 5.69 Å². The summed E-state index contributed by atoms with van der Waals surface area (Å²) in [6.45, 7) is 0. The van der Waals surface area contributed by atoms with Crippen molar-refractivity contribution in [1.82, 2.24) is 0 Å². The van der Waals surface area contributed by atoms with Crippen LogP contribution >= 0.6 is 0 Å². The molecule has 1 aromatic carbocycles. The van der Waals surface area contributed by atoms with Crippen LogP contribution in [0.4, 0.5) is 5.69 Å². The third-order valence-electron chi connectivity index (χ3n) is 2.77. The van der Waals surface area contributed by atoms with Gasteiger partial charge in [-0.1, -0.05) is 18.2 Å². The summed E-state index contributed by atoms with van der Waals surface area (Å²) in [5, 5.41) is 0. The molecule has 1 fully saturated rings. The zero-order valence-electron chi connectivity index (χ0n) is 8.74. The summed E-state index contributed by atoms with van der Waals surface area (Å²) in [6.07, 6.45) is 1.23. The van der Waals surface area contributed by atoms with E-state index in [0.717, 1.165) is 5.69 Å². The minimum atomic E-state index is -2.96. The quantitative estimate of drug-likeness (QED) is 0.734. The van der Waals surface area contributed by atoms with Gasteiger partial charge in [0.25, 0.3) is 0 Å². The molecule has 0 saturated carbocycles. The topological polar surface area (TPSA) is 54.5 Å². The number of carbonyl (C=O) groups excluding carboxylic acids is 1. The lowest BCUT2D eigenvalue weighted by molar-refractivity contribution is -0.107. The van der Waals surface area contributed by atoms with Crippen molar-refractivity contribution in [2.75, 3.05) is 16.4 Å². The van der Waals surface area contributed by atoms with Crippen LogP contribution in [-0.2, 0) is 14.6 Å². The van der Waals surface area contributed by atoms with Gasteiger partial charge in [0.2, 0.25) is 6.41 Å². The normalized spacial score (nSPS) is 22.9. The summed E-state index contributed by atoms with van der Waals surface area (Å²) >= 11 is 0. The molecule has 0 aliphatic carbocycles. The Kier molecular flexibility index (Phi) is 2.96. The highest BCUT2D eigenvalue weighted by Gasteiger charge is 2.32. The second-order valence-corrected chi connectivity index (χ2v) is 6.13. The van der Waals surface area contributed by atoms with Crippen LogP contribution in [0, 0.1) is 0 Å². The van der Waals surface area contributed by atoms with Crippen molar-refractivity contribution in [2.45, 2.75) is 12.5 Å². The number of carbonyl (C=O) groups is 1. The number of nitrogens with zero attached hydrogens (tertiary/aromatic N) is 1. The van der Waals surface area contributed by atoms with E-state index in [1.807, 2.05) is 18.2 Å². The highest BCUT2D eigenvalue weighted by Crippen LogP contribution is 2.22. The molecule has 4 nitrogen and oxygen atoms in total. The van der Waals surface area contributed by atoms with E-state index in [9.17, 15) is 13.2 Å². The van der Waals surface area contributed by atoms with Gasteiger partial charge in [-0.25, -0.2) is 8.42 Å². The molecule has 86 valence electrons. The van der Waals surface area contributed by atoms with E-state index in [1.54, 1.807) is 12.1 Å². The molecule has 2 rings (SSSR count). The first-order valence-corrected chi connectivity index (χ1v) is 6.93. The Morgan fingerprint density at radius 2 is 1.94 bits per heavy atom. The van der Waals surface area contributed by atoms with E-state index in [1.165, 1.54) is 4.90 Å². The fraction of sp³-hybridized carbons (Fsp3) is 0.364. The van der Waals surface area contributed by atoms with Gasteiger partial charge >= 0.3 is 0 Å². The second-order valence-electron chi connectivity index (χ2n) is 3.91. The van der Waals surface area contributed by atoms with Crippen LogP contribution in [-0.4, -0.2) is 32.4 Å². The van der Waals surface area contributed by atoms with Crippen molar-refractivity contribution in [3.8, 4) is 0 Å². The molecule has 0 bridgehead atoms. The number of hydrogen-bond acceptors (Lipinski definition) is 3. The van der Waals surface area contributed by atoms with E-state index in [2.05, 4.69) is 0 Å². The van der Waals surface area contributed by atoms with E-state index in [0.29, 0.717) is 12.8 Å². The van der Waals surface area contributed by atoms with Crippen molar-refractivity contribution < 1.29 is 13.2 Å². The summed E-state index contributed by atoms with van der Waals surface area (Å²) in [4.78, 5) is 12.5. The number of hydrogen-bond donors (Lipinski definition) is 0. The van der Waals surface area contributed by atoms with Gasteiger partial charge in [-0.15, -0.1) is 0 Å². The summed E-state index contributed by atoms with van der Waals surface area (Å²) < 4.78 is 22.7. The lowest BCUT2D eigenvalue weighted by Crippen LogP contribution is -2.34. The highest BCUT2D eigenvalue weighted by molar-refractivity contribution is 7.91. The summed E-state index contributed by atoms with van der Waals surface area (Å²) in [7, 11) is -2.96. The van der Waals surface area contributed by atoms with Crippen molar-refractivity contribution in [2.24, 2.45) is 0 Å². The van der Waals surface area contributed by atoms with Gasteiger partial charge in [-0.05, 0) is 18.6 Å². The number of anilines is 1. The molecule has 0 radical (unpaired) electrons. The molecule has 0 unspecified atom stereocenters. The Labute approximate surface area is 94.8 Å². The first-order valence-electron chi connectivity index (χ1n) is 5.11. The molecule has 5 heteroatoms. The number of sulfone groups is 1.